The highest BCUT2D eigenvalue weighted by atomic mass is 32.1. The molecular weight excluding hydrogens is 400 g/mol. The predicted octanol–water partition coefficient (Wildman–Crippen LogP) is 2.85. The third kappa shape index (κ3) is 4.87. The number of fused-ring (bicyclic) bond motifs is 1. The Labute approximate surface area is 181 Å². The number of carbonyl (C=O) groups excluding carboxylic acids is 3. The molecule has 0 radical (unpaired) electrons. The fourth-order valence-corrected chi connectivity index (χ4v) is 4.29. The van der Waals surface area contributed by atoms with Crippen LogP contribution < -0.4 is 5.32 Å². The first-order chi connectivity index (χ1) is 14.0. The van der Waals surface area contributed by atoms with Crippen LogP contribution in [0, 0.1) is 0 Å². The van der Waals surface area contributed by atoms with Gasteiger partial charge in [-0.2, -0.15) is 4.99 Å². The van der Waals surface area contributed by atoms with Gasteiger partial charge in [0.15, 0.2) is 0 Å². The van der Waals surface area contributed by atoms with Crippen molar-refractivity contribution in [3.63, 3.8) is 0 Å². The summed E-state index contributed by atoms with van der Waals surface area (Å²) in [7, 11) is 0. The second-order valence-corrected chi connectivity index (χ2v) is 9.96. The fourth-order valence-electron chi connectivity index (χ4n) is 3.57. The molecule has 0 spiro atoms. The van der Waals surface area contributed by atoms with Crippen molar-refractivity contribution in [2.45, 2.75) is 58.7 Å². The van der Waals surface area contributed by atoms with E-state index in [4.69, 9.17) is 0 Å². The topological polar surface area (TPSA) is 82.1 Å². The number of amides is 3. The number of nitrogens with one attached hydrogen (secondary N) is 1. The first-order valence-electron chi connectivity index (χ1n) is 9.88. The zero-order chi connectivity index (χ0) is 22.1. The Kier molecular flexibility index (Phi) is 5.99. The van der Waals surface area contributed by atoms with Crippen LogP contribution in [0.15, 0.2) is 46.4 Å². The van der Waals surface area contributed by atoms with E-state index in [1.165, 1.54) is 16.2 Å². The van der Waals surface area contributed by atoms with E-state index in [1.807, 2.05) is 57.5 Å². The molecule has 1 atom stereocenters. The molecule has 7 nitrogen and oxygen atoms in total. The Hall–Kier alpha value is -2.74. The van der Waals surface area contributed by atoms with Gasteiger partial charge >= 0.3 is 0 Å². The zero-order valence-corrected chi connectivity index (χ0v) is 18.9. The summed E-state index contributed by atoms with van der Waals surface area (Å²) in [5.74, 6) is -0.412. The third-order valence-corrected chi connectivity index (χ3v) is 5.73. The van der Waals surface area contributed by atoms with E-state index in [2.05, 4.69) is 10.3 Å². The van der Waals surface area contributed by atoms with Gasteiger partial charge in [0.05, 0.1) is 19.5 Å². The standard InChI is InChI=1S/C22H28N4O3S/c1-15-8-9-17-23-18(27)11-22(5,26(17)12-15)20(29)25(13-16-7-6-10-30-16)14-19(28)24-21(2,3)4/h6-10,12H,11,13-14H2,1-5H3,(H,24,28). The molecule has 0 aliphatic carbocycles. The van der Waals surface area contributed by atoms with Crippen LogP contribution in [0.1, 0.15) is 45.9 Å². The van der Waals surface area contributed by atoms with Crippen molar-refractivity contribution in [3.05, 3.63) is 46.3 Å². The number of carbonyl (C=O) groups is 3. The second-order valence-electron chi connectivity index (χ2n) is 8.93. The van der Waals surface area contributed by atoms with Gasteiger partial charge in [-0.15, -0.1) is 11.3 Å². The van der Waals surface area contributed by atoms with E-state index in [0.717, 1.165) is 10.5 Å². The van der Waals surface area contributed by atoms with E-state index in [9.17, 15) is 14.4 Å². The largest absolute Gasteiger partial charge is 0.350 e. The van der Waals surface area contributed by atoms with Crippen LogP contribution in [-0.4, -0.2) is 51.0 Å². The molecule has 1 unspecified atom stereocenters. The van der Waals surface area contributed by atoms with Crippen LogP contribution in [0.2, 0.25) is 0 Å². The lowest BCUT2D eigenvalue weighted by atomic mass is 9.90. The Morgan fingerprint density at radius 2 is 2.07 bits per heavy atom. The summed E-state index contributed by atoms with van der Waals surface area (Å²) in [5, 5.41) is 4.85. The lowest BCUT2D eigenvalue weighted by Crippen LogP contribution is -2.61. The Morgan fingerprint density at radius 1 is 1.33 bits per heavy atom. The molecule has 3 heterocycles. The van der Waals surface area contributed by atoms with Gasteiger partial charge in [-0.25, -0.2) is 0 Å². The number of aliphatic imine (C=N–C) groups is 1. The Bertz CT molecular complexity index is 940. The molecule has 160 valence electrons. The normalized spacial score (nSPS) is 21.0. The number of nitrogens with zero attached hydrogens (tertiary/aromatic N) is 3. The van der Waals surface area contributed by atoms with Crippen molar-refractivity contribution < 1.29 is 14.4 Å². The third-order valence-electron chi connectivity index (χ3n) is 4.86. The quantitative estimate of drug-likeness (QED) is 0.782. The van der Waals surface area contributed by atoms with Crippen LogP contribution in [0.25, 0.3) is 0 Å². The maximum atomic E-state index is 13.8. The summed E-state index contributed by atoms with van der Waals surface area (Å²) in [6.07, 6.45) is 5.39. The van der Waals surface area contributed by atoms with Gasteiger partial charge in [-0.3, -0.25) is 14.4 Å². The van der Waals surface area contributed by atoms with E-state index < -0.39 is 11.1 Å². The molecule has 0 saturated heterocycles. The molecule has 3 rings (SSSR count). The van der Waals surface area contributed by atoms with Gasteiger partial charge in [0.2, 0.25) is 11.8 Å². The maximum absolute atomic E-state index is 13.8. The average molecular weight is 429 g/mol. The fraction of sp³-hybridized carbons (Fsp3) is 0.455. The predicted molar refractivity (Wildman–Crippen MR) is 118 cm³/mol. The molecule has 0 fully saturated rings. The zero-order valence-electron chi connectivity index (χ0n) is 18.1. The molecule has 1 aromatic rings. The molecule has 30 heavy (non-hydrogen) atoms. The van der Waals surface area contributed by atoms with Crippen LogP contribution in [-0.2, 0) is 20.9 Å². The Morgan fingerprint density at radius 3 is 2.70 bits per heavy atom. The second kappa shape index (κ2) is 8.18. The van der Waals surface area contributed by atoms with Gasteiger partial charge in [0.1, 0.15) is 11.4 Å². The highest BCUT2D eigenvalue weighted by Gasteiger charge is 2.47. The number of rotatable bonds is 5. The van der Waals surface area contributed by atoms with Crippen molar-refractivity contribution in [2.75, 3.05) is 6.54 Å². The number of amidine groups is 1. The van der Waals surface area contributed by atoms with Crippen molar-refractivity contribution in [1.29, 1.82) is 0 Å². The summed E-state index contributed by atoms with van der Waals surface area (Å²) in [4.78, 5) is 47.2. The summed E-state index contributed by atoms with van der Waals surface area (Å²) in [6, 6.07) is 3.84. The minimum atomic E-state index is -1.15. The molecule has 0 saturated carbocycles. The number of hydrogen-bond donors (Lipinski definition) is 1. The number of hydrogen-bond acceptors (Lipinski definition) is 5. The monoisotopic (exact) mass is 428 g/mol. The van der Waals surface area contributed by atoms with Gasteiger partial charge in [0, 0.05) is 16.6 Å². The van der Waals surface area contributed by atoms with Gasteiger partial charge in [-0.1, -0.05) is 12.1 Å². The van der Waals surface area contributed by atoms with Crippen LogP contribution in [0.3, 0.4) is 0 Å². The molecule has 3 amide bonds. The van der Waals surface area contributed by atoms with E-state index in [0.29, 0.717) is 12.4 Å². The lowest BCUT2D eigenvalue weighted by molar-refractivity contribution is -0.146. The number of thiophene rings is 1. The summed E-state index contributed by atoms with van der Waals surface area (Å²) < 4.78 is 0. The highest BCUT2D eigenvalue weighted by molar-refractivity contribution is 7.09. The van der Waals surface area contributed by atoms with Crippen LogP contribution in [0.5, 0.6) is 0 Å². The van der Waals surface area contributed by atoms with Crippen molar-refractivity contribution >= 4 is 34.9 Å². The van der Waals surface area contributed by atoms with Crippen molar-refractivity contribution in [3.8, 4) is 0 Å². The van der Waals surface area contributed by atoms with Crippen molar-refractivity contribution in [1.82, 2.24) is 15.1 Å². The minimum absolute atomic E-state index is 0.0468. The highest BCUT2D eigenvalue weighted by Crippen LogP contribution is 2.31. The molecule has 2 aliphatic heterocycles. The summed E-state index contributed by atoms with van der Waals surface area (Å²) in [6.45, 7) is 9.57. The summed E-state index contributed by atoms with van der Waals surface area (Å²) >= 11 is 1.53. The van der Waals surface area contributed by atoms with Gasteiger partial charge in [-0.05, 0) is 57.7 Å². The SMILES string of the molecule is CC1=CN2C(=NC(=O)CC2(C)C(=O)N(CC(=O)NC(C)(C)C)Cc2cccs2)C=C1. The van der Waals surface area contributed by atoms with Gasteiger partial charge < -0.3 is 15.1 Å². The van der Waals surface area contributed by atoms with E-state index in [-0.39, 0.29) is 30.7 Å². The van der Waals surface area contributed by atoms with Crippen molar-refractivity contribution in [2.24, 2.45) is 4.99 Å². The lowest BCUT2D eigenvalue weighted by Gasteiger charge is -2.44. The number of allylic oxidation sites excluding steroid dienone is 2. The molecule has 2 aliphatic rings. The maximum Gasteiger partial charge on any atom is 0.250 e. The summed E-state index contributed by atoms with van der Waals surface area (Å²) in [5.41, 5.74) is -0.603. The molecule has 8 heteroatoms. The Balaban J connectivity index is 1.92. The molecule has 0 aromatic carbocycles. The molecular formula is C22H28N4O3S. The first-order valence-corrected chi connectivity index (χ1v) is 10.8. The minimum Gasteiger partial charge on any atom is -0.350 e. The molecule has 1 aromatic heterocycles. The van der Waals surface area contributed by atoms with Gasteiger partial charge in [0.25, 0.3) is 5.91 Å². The average Bonchev–Trinajstić information content (AvgIpc) is 3.12. The van der Waals surface area contributed by atoms with E-state index in [1.54, 1.807) is 17.9 Å². The van der Waals surface area contributed by atoms with Crippen LogP contribution in [0.4, 0.5) is 0 Å². The first kappa shape index (κ1) is 22.0. The van der Waals surface area contributed by atoms with E-state index >= 15 is 0 Å². The molecule has 1 N–H and O–H groups in total. The smallest absolute Gasteiger partial charge is 0.250 e. The van der Waals surface area contributed by atoms with Crippen LogP contribution >= 0.6 is 11.3 Å². The molecule has 0 bridgehead atoms.